The molecule has 0 aliphatic carbocycles. The number of benzene rings is 2. The fourth-order valence-corrected chi connectivity index (χ4v) is 2.79. The summed E-state index contributed by atoms with van der Waals surface area (Å²) in [6.45, 7) is 4.89. The predicted molar refractivity (Wildman–Crippen MR) is 107 cm³/mol. The first-order valence-electron chi connectivity index (χ1n) is 8.71. The van der Waals surface area contributed by atoms with Gasteiger partial charge in [-0.2, -0.15) is 0 Å². The molecular weight excluding hydrogens is 358 g/mol. The number of rotatable bonds is 9. The number of nitro groups is 1. The maximum absolute atomic E-state index is 12.7. The third-order valence-electron chi connectivity index (χ3n) is 4.15. The molecule has 0 aliphatic rings. The highest BCUT2D eigenvalue weighted by atomic mass is 16.6. The average molecular weight is 379 g/mol. The molecule has 6 nitrogen and oxygen atoms in total. The number of Topliss-reactive ketones (excluding diaryl/α,β-unsaturated/α-hetero) is 1. The molecule has 0 radical (unpaired) electrons. The molecule has 2 rings (SSSR count). The van der Waals surface area contributed by atoms with Crippen molar-refractivity contribution in [2.45, 2.75) is 19.3 Å². The van der Waals surface area contributed by atoms with Gasteiger partial charge in [-0.05, 0) is 30.6 Å². The molecule has 0 aliphatic heterocycles. The molecule has 0 aromatic heterocycles. The number of ether oxygens (including phenoxy) is 1. The maximum Gasteiger partial charge on any atom is 0.314 e. The van der Waals surface area contributed by atoms with E-state index in [2.05, 4.69) is 6.58 Å². The molecule has 0 fully saturated rings. The minimum atomic E-state index is -0.986. The van der Waals surface area contributed by atoms with E-state index in [-0.39, 0.29) is 30.1 Å². The Bertz CT molecular complexity index is 902. The van der Waals surface area contributed by atoms with Crippen LogP contribution in [0.25, 0.3) is 6.08 Å². The highest BCUT2D eigenvalue weighted by Gasteiger charge is 2.30. The minimum Gasteiger partial charge on any atom is -0.461 e. The molecule has 6 heteroatoms. The average Bonchev–Trinajstić information content (AvgIpc) is 2.69. The Hall–Kier alpha value is -3.54. The molecule has 0 amide bonds. The molecule has 0 saturated carbocycles. The molecule has 2 aromatic rings. The van der Waals surface area contributed by atoms with Crippen LogP contribution in [0.5, 0.6) is 0 Å². The number of esters is 1. The third-order valence-corrected chi connectivity index (χ3v) is 4.15. The van der Waals surface area contributed by atoms with Crippen molar-refractivity contribution in [1.29, 1.82) is 0 Å². The molecule has 0 bridgehead atoms. The topological polar surface area (TPSA) is 86.5 Å². The number of nitro benzene ring substituents is 1. The maximum atomic E-state index is 12.7. The van der Waals surface area contributed by atoms with Crippen LogP contribution in [0.4, 0.5) is 5.69 Å². The lowest BCUT2D eigenvalue weighted by Crippen LogP contribution is -2.19. The van der Waals surface area contributed by atoms with Crippen LogP contribution in [0.3, 0.4) is 0 Å². The first-order chi connectivity index (χ1) is 13.4. The van der Waals surface area contributed by atoms with E-state index in [1.807, 2.05) is 30.3 Å². The van der Waals surface area contributed by atoms with E-state index in [9.17, 15) is 19.7 Å². The van der Waals surface area contributed by atoms with Crippen molar-refractivity contribution >= 4 is 23.5 Å². The lowest BCUT2D eigenvalue weighted by atomic mass is 9.88. The van der Waals surface area contributed by atoms with Crippen LogP contribution >= 0.6 is 0 Å². The highest BCUT2D eigenvalue weighted by Crippen LogP contribution is 2.33. The van der Waals surface area contributed by atoms with E-state index in [1.54, 1.807) is 12.1 Å². The zero-order valence-electron chi connectivity index (χ0n) is 15.5. The molecule has 28 heavy (non-hydrogen) atoms. The van der Waals surface area contributed by atoms with Crippen molar-refractivity contribution in [2.75, 3.05) is 6.61 Å². The SMILES string of the molecule is C=CCOC(=O)C(C/C(=C/c1ccccc1)C(C)=O)c1ccccc1[N+](=O)[O-]. The van der Waals surface area contributed by atoms with Crippen LogP contribution < -0.4 is 0 Å². The van der Waals surface area contributed by atoms with Gasteiger partial charge in [0, 0.05) is 11.6 Å². The lowest BCUT2D eigenvalue weighted by molar-refractivity contribution is -0.385. The summed E-state index contributed by atoms with van der Waals surface area (Å²) >= 11 is 0. The second kappa shape index (κ2) is 9.97. The van der Waals surface area contributed by atoms with Crippen molar-refractivity contribution in [1.82, 2.24) is 0 Å². The van der Waals surface area contributed by atoms with Gasteiger partial charge in [0.05, 0.1) is 10.8 Å². The van der Waals surface area contributed by atoms with Crippen LogP contribution in [0.2, 0.25) is 0 Å². The van der Waals surface area contributed by atoms with Gasteiger partial charge in [-0.15, -0.1) is 0 Å². The van der Waals surface area contributed by atoms with Crippen molar-refractivity contribution in [3.63, 3.8) is 0 Å². The zero-order chi connectivity index (χ0) is 20.5. The van der Waals surface area contributed by atoms with Gasteiger partial charge in [0.2, 0.25) is 0 Å². The van der Waals surface area contributed by atoms with Gasteiger partial charge in [0.15, 0.2) is 5.78 Å². The Balaban J connectivity index is 2.48. The Morgan fingerprint density at radius 1 is 1.14 bits per heavy atom. The molecule has 1 atom stereocenters. The molecule has 2 aromatic carbocycles. The Kier molecular flexibility index (Phi) is 7.39. The summed E-state index contributed by atoms with van der Waals surface area (Å²) in [7, 11) is 0. The Labute approximate surface area is 163 Å². The fraction of sp³-hybridized carbons (Fsp3) is 0.182. The third kappa shape index (κ3) is 5.48. The Morgan fingerprint density at radius 3 is 2.39 bits per heavy atom. The summed E-state index contributed by atoms with van der Waals surface area (Å²) in [5.74, 6) is -1.85. The number of hydrogen-bond donors (Lipinski definition) is 0. The summed E-state index contributed by atoms with van der Waals surface area (Å²) in [4.78, 5) is 35.7. The number of carbonyl (C=O) groups excluding carboxylic acids is 2. The standard InChI is InChI=1S/C22H21NO5/c1-3-13-28-22(25)20(19-11-7-8-12-21(19)23(26)27)15-18(16(2)24)14-17-9-5-4-6-10-17/h3-12,14,20H,1,13,15H2,2H3/b18-14-. The van der Waals surface area contributed by atoms with E-state index in [1.165, 1.54) is 31.2 Å². The molecule has 1 unspecified atom stereocenters. The number of nitrogens with zero attached hydrogens (tertiary/aromatic N) is 1. The van der Waals surface area contributed by atoms with Crippen molar-refractivity contribution in [3.05, 3.63) is 94.1 Å². The monoisotopic (exact) mass is 379 g/mol. The smallest absolute Gasteiger partial charge is 0.314 e. The van der Waals surface area contributed by atoms with Gasteiger partial charge in [0.25, 0.3) is 5.69 Å². The van der Waals surface area contributed by atoms with Crippen molar-refractivity contribution in [3.8, 4) is 0 Å². The molecule has 0 spiro atoms. The first kappa shape index (κ1) is 20.8. The number of carbonyl (C=O) groups is 2. The molecule has 0 saturated heterocycles. The van der Waals surface area contributed by atoms with Gasteiger partial charge >= 0.3 is 5.97 Å². The summed E-state index contributed by atoms with van der Waals surface area (Å²) in [6, 6.07) is 15.2. The van der Waals surface area contributed by atoms with Crippen LogP contribution in [0.1, 0.15) is 30.4 Å². The summed E-state index contributed by atoms with van der Waals surface area (Å²) in [5.41, 5.74) is 1.20. The molecular formula is C22H21NO5. The predicted octanol–water partition coefficient (Wildman–Crippen LogP) is 4.47. The van der Waals surface area contributed by atoms with Crippen LogP contribution in [-0.4, -0.2) is 23.3 Å². The lowest BCUT2D eigenvalue weighted by Gasteiger charge is -2.17. The minimum absolute atomic E-state index is 0.00887. The van der Waals surface area contributed by atoms with Gasteiger partial charge in [-0.3, -0.25) is 19.7 Å². The molecule has 144 valence electrons. The van der Waals surface area contributed by atoms with Gasteiger partial charge < -0.3 is 4.74 Å². The summed E-state index contributed by atoms with van der Waals surface area (Å²) in [5, 5.41) is 11.4. The second-order valence-corrected chi connectivity index (χ2v) is 6.13. The number of para-hydroxylation sites is 1. The first-order valence-corrected chi connectivity index (χ1v) is 8.71. The summed E-state index contributed by atoms with van der Waals surface area (Å²) in [6.07, 6.45) is 3.09. The van der Waals surface area contributed by atoms with E-state index in [0.29, 0.717) is 5.57 Å². The summed E-state index contributed by atoms with van der Waals surface area (Å²) < 4.78 is 5.16. The van der Waals surface area contributed by atoms with Crippen molar-refractivity contribution < 1.29 is 19.2 Å². The van der Waals surface area contributed by atoms with Crippen molar-refractivity contribution in [2.24, 2.45) is 0 Å². The highest BCUT2D eigenvalue weighted by molar-refractivity contribution is 5.99. The molecule has 0 heterocycles. The fourth-order valence-electron chi connectivity index (χ4n) is 2.79. The van der Waals surface area contributed by atoms with Crippen LogP contribution in [-0.2, 0) is 14.3 Å². The number of hydrogen-bond acceptors (Lipinski definition) is 5. The second-order valence-electron chi connectivity index (χ2n) is 6.13. The van der Waals surface area contributed by atoms with E-state index in [0.717, 1.165) is 5.56 Å². The largest absolute Gasteiger partial charge is 0.461 e. The van der Waals surface area contributed by atoms with E-state index in [4.69, 9.17) is 4.74 Å². The number of ketones is 1. The van der Waals surface area contributed by atoms with Gasteiger partial charge in [0.1, 0.15) is 6.61 Å². The zero-order valence-corrected chi connectivity index (χ0v) is 15.5. The quantitative estimate of drug-likeness (QED) is 0.211. The van der Waals surface area contributed by atoms with Gasteiger partial charge in [-0.1, -0.05) is 61.2 Å². The van der Waals surface area contributed by atoms with Gasteiger partial charge in [-0.25, -0.2) is 0 Å². The molecule has 0 N–H and O–H groups in total. The number of allylic oxidation sites excluding steroid dienone is 1. The van der Waals surface area contributed by atoms with Crippen LogP contribution in [0.15, 0.2) is 72.8 Å². The van der Waals surface area contributed by atoms with Crippen LogP contribution in [0, 0.1) is 10.1 Å². The normalized spacial score (nSPS) is 12.1. The Morgan fingerprint density at radius 2 is 1.79 bits per heavy atom. The van der Waals surface area contributed by atoms with E-state index >= 15 is 0 Å². The van der Waals surface area contributed by atoms with E-state index < -0.39 is 16.8 Å².